The van der Waals surface area contributed by atoms with Crippen LogP contribution in [0.4, 0.5) is 0 Å². The molecule has 22 heavy (non-hydrogen) atoms. The lowest BCUT2D eigenvalue weighted by Gasteiger charge is -2.34. The molecule has 0 aromatic carbocycles. The Hall–Kier alpha value is -1.66. The summed E-state index contributed by atoms with van der Waals surface area (Å²) in [6.45, 7) is 2.42. The summed E-state index contributed by atoms with van der Waals surface area (Å²) in [4.78, 5) is 16.7. The third-order valence-corrected chi connectivity index (χ3v) is 4.81. The highest BCUT2D eigenvalue weighted by atomic mass is 32.1. The Morgan fingerprint density at radius 2 is 2.32 bits per heavy atom. The molecule has 0 saturated carbocycles. The second-order valence-electron chi connectivity index (χ2n) is 6.10. The van der Waals surface area contributed by atoms with Gasteiger partial charge in [-0.3, -0.25) is 9.48 Å². The number of carbonyl (C=O) groups is 1. The van der Waals surface area contributed by atoms with Crippen molar-refractivity contribution in [3.05, 3.63) is 40.3 Å². The second-order valence-corrected chi connectivity index (χ2v) is 6.88. The summed E-state index contributed by atoms with van der Waals surface area (Å²) >= 11 is 1.64. The Kier molecular flexibility index (Phi) is 4.59. The van der Waals surface area contributed by atoms with Gasteiger partial charge in [-0.25, -0.2) is 0 Å². The predicted octanol–water partition coefficient (Wildman–Crippen LogP) is 2.02. The SMILES string of the molecule is CN(C)CC[C@@H]1CN(C(=O)Cc2ccsc2)Cc2ccnn21. The number of amides is 1. The van der Waals surface area contributed by atoms with E-state index in [2.05, 4.69) is 34.2 Å². The third-order valence-electron chi connectivity index (χ3n) is 4.08. The zero-order valence-corrected chi connectivity index (χ0v) is 13.9. The van der Waals surface area contributed by atoms with Crippen LogP contribution in [0, 0.1) is 0 Å². The number of hydrogen-bond donors (Lipinski definition) is 0. The first-order valence-corrected chi connectivity index (χ1v) is 8.53. The molecule has 0 unspecified atom stereocenters. The molecular weight excluding hydrogens is 296 g/mol. The molecule has 118 valence electrons. The molecule has 0 bridgehead atoms. The first kappa shape index (κ1) is 15.2. The number of thiophene rings is 1. The molecule has 1 amide bonds. The van der Waals surface area contributed by atoms with E-state index in [1.165, 1.54) is 0 Å². The van der Waals surface area contributed by atoms with E-state index in [0.717, 1.165) is 30.8 Å². The fourth-order valence-electron chi connectivity index (χ4n) is 2.88. The van der Waals surface area contributed by atoms with Gasteiger partial charge in [0.2, 0.25) is 5.91 Å². The Morgan fingerprint density at radius 3 is 3.05 bits per heavy atom. The number of carbonyl (C=O) groups excluding carboxylic acids is 1. The Labute approximate surface area is 135 Å². The van der Waals surface area contributed by atoms with Crippen molar-refractivity contribution in [1.29, 1.82) is 0 Å². The fourth-order valence-corrected chi connectivity index (χ4v) is 3.55. The van der Waals surface area contributed by atoms with Crippen LogP contribution in [-0.4, -0.2) is 52.7 Å². The van der Waals surface area contributed by atoms with Gasteiger partial charge in [-0.15, -0.1) is 0 Å². The van der Waals surface area contributed by atoms with Crippen LogP contribution in [0.5, 0.6) is 0 Å². The molecule has 0 saturated heterocycles. The highest BCUT2D eigenvalue weighted by molar-refractivity contribution is 7.07. The first-order valence-electron chi connectivity index (χ1n) is 7.59. The quantitative estimate of drug-likeness (QED) is 0.847. The van der Waals surface area contributed by atoms with Crippen LogP contribution >= 0.6 is 11.3 Å². The maximum absolute atomic E-state index is 12.6. The molecule has 6 heteroatoms. The maximum Gasteiger partial charge on any atom is 0.227 e. The number of nitrogens with zero attached hydrogens (tertiary/aromatic N) is 4. The van der Waals surface area contributed by atoms with Gasteiger partial charge in [0.1, 0.15) is 0 Å². The van der Waals surface area contributed by atoms with Gasteiger partial charge >= 0.3 is 0 Å². The van der Waals surface area contributed by atoms with Crippen molar-refractivity contribution in [3.8, 4) is 0 Å². The van der Waals surface area contributed by atoms with Gasteiger partial charge in [-0.05, 0) is 55.5 Å². The summed E-state index contributed by atoms with van der Waals surface area (Å²) in [5, 5.41) is 8.52. The van der Waals surface area contributed by atoms with E-state index < -0.39 is 0 Å². The van der Waals surface area contributed by atoms with E-state index in [0.29, 0.717) is 13.0 Å². The second kappa shape index (κ2) is 6.62. The normalized spacial score (nSPS) is 17.8. The predicted molar refractivity (Wildman–Crippen MR) is 87.9 cm³/mol. The van der Waals surface area contributed by atoms with Gasteiger partial charge in [0, 0.05) is 12.7 Å². The lowest BCUT2D eigenvalue weighted by molar-refractivity contribution is -0.132. The van der Waals surface area contributed by atoms with E-state index in [1.54, 1.807) is 11.3 Å². The average molecular weight is 318 g/mol. The monoisotopic (exact) mass is 318 g/mol. The zero-order chi connectivity index (χ0) is 15.5. The third kappa shape index (κ3) is 3.39. The Morgan fingerprint density at radius 1 is 1.45 bits per heavy atom. The van der Waals surface area contributed by atoms with Crippen molar-refractivity contribution < 1.29 is 4.79 Å². The van der Waals surface area contributed by atoms with Crippen molar-refractivity contribution in [3.63, 3.8) is 0 Å². The van der Waals surface area contributed by atoms with Gasteiger partial charge in [0.25, 0.3) is 0 Å². The molecule has 1 aliphatic rings. The van der Waals surface area contributed by atoms with Crippen molar-refractivity contribution in [2.24, 2.45) is 0 Å². The van der Waals surface area contributed by atoms with Crippen LogP contribution in [-0.2, 0) is 17.8 Å². The number of aromatic nitrogens is 2. The highest BCUT2D eigenvalue weighted by Crippen LogP contribution is 2.24. The molecule has 2 aromatic rings. The van der Waals surface area contributed by atoms with E-state index in [-0.39, 0.29) is 11.9 Å². The summed E-state index contributed by atoms with van der Waals surface area (Å²) < 4.78 is 2.10. The van der Waals surface area contributed by atoms with E-state index >= 15 is 0 Å². The topological polar surface area (TPSA) is 41.4 Å². The van der Waals surface area contributed by atoms with E-state index in [1.807, 2.05) is 28.6 Å². The molecule has 3 rings (SSSR count). The summed E-state index contributed by atoms with van der Waals surface area (Å²) in [7, 11) is 4.15. The molecule has 0 radical (unpaired) electrons. The Balaban J connectivity index is 1.70. The Bertz CT molecular complexity index is 620. The van der Waals surface area contributed by atoms with Crippen LogP contribution in [0.2, 0.25) is 0 Å². The van der Waals surface area contributed by atoms with E-state index in [4.69, 9.17) is 0 Å². The van der Waals surface area contributed by atoms with E-state index in [9.17, 15) is 4.79 Å². The lowest BCUT2D eigenvalue weighted by Crippen LogP contribution is -2.42. The molecule has 3 heterocycles. The zero-order valence-electron chi connectivity index (χ0n) is 13.1. The number of rotatable bonds is 5. The van der Waals surface area contributed by atoms with Crippen molar-refractivity contribution in [2.75, 3.05) is 27.2 Å². The minimum atomic E-state index is 0.209. The fraction of sp³-hybridized carbons (Fsp3) is 0.500. The summed E-state index contributed by atoms with van der Waals surface area (Å²) in [6.07, 6.45) is 3.34. The average Bonchev–Trinajstić information content (AvgIpc) is 3.14. The highest BCUT2D eigenvalue weighted by Gasteiger charge is 2.28. The van der Waals surface area contributed by atoms with Gasteiger partial charge in [0.05, 0.1) is 24.7 Å². The van der Waals surface area contributed by atoms with Gasteiger partial charge in [-0.2, -0.15) is 16.4 Å². The van der Waals surface area contributed by atoms with Crippen LogP contribution in [0.1, 0.15) is 23.7 Å². The van der Waals surface area contributed by atoms with Crippen molar-refractivity contribution in [2.45, 2.75) is 25.4 Å². The van der Waals surface area contributed by atoms with Crippen LogP contribution in [0.3, 0.4) is 0 Å². The smallest absolute Gasteiger partial charge is 0.227 e. The van der Waals surface area contributed by atoms with Gasteiger partial charge < -0.3 is 9.80 Å². The molecular formula is C16H22N4OS. The molecule has 0 N–H and O–H groups in total. The molecule has 0 fully saturated rings. The number of hydrogen-bond acceptors (Lipinski definition) is 4. The van der Waals surface area contributed by atoms with Gasteiger partial charge in [-0.1, -0.05) is 0 Å². The minimum Gasteiger partial charge on any atom is -0.334 e. The summed E-state index contributed by atoms with van der Waals surface area (Å²) in [5.41, 5.74) is 2.24. The maximum atomic E-state index is 12.6. The molecule has 1 atom stereocenters. The van der Waals surface area contributed by atoms with Crippen molar-refractivity contribution >= 4 is 17.2 Å². The van der Waals surface area contributed by atoms with Gasteiger partial charge in [0.15, 0.2) is 0 Å². The largest absolute Gasteiger partial charge is 0.334 e. The minimum absolute atomic E-state index is 0.209. The molecule has 0 spiro atoms. The first-order chi connectivity index (χ1) is 10.6. The molecule has 2 aromatic heterocycles. The summed E-state index contributed by atoms with van der Waals surface area (Å²) in [5.74, 6) is 0.209. The number of fused-ring (bicyclic) bond motifs is 1. The van der Waals surface area contributed by atoms with Crippen molar-refractivity contribution in [1.82, 2.24) is 19.6 Å². The van der Waals surface area contributed by atoms with Crippen LogP contribution < -0.4 is 0 Å². The summed E-state index contributed by atoms with van der Waals surface area (Å²) in [6, 6.07) is 4.32. The molecule has 5 nitrogen and oxygen atoms in total. The molecule has 1 aliphatic heterocycles. The standard InChI is InChI=1S/C16H22N4OS/c1-18(2)7-4-15-11-19(10-14-3-6-17-20(14)15)16(21)9-13-5-8-22-12-13/h3,5-6,8,12,15H,4,7,9-11H2,1-2H3/t15-/m1/s1. The van der Waals surface area contributed by atoms with Crippen LogP contribution in [0.25, 0.3) is 0 Å². The van der Waals surface area contributed by atoms with Crippen LogP contribution in [0.15, 0.2) is 29.1 Å². The lowest BCUT2D eigenvalue weighted by atomic mass is 10.1. The molecule has 0 aliphatic carbocycles.